The number of ketones is 1. The number of carbonyl (C=O) groups is 2. The number of hydrogen-bond donors (Lipinski definition) is 3. The zero-order valence-electron chi connectivity index (χ0n) is 23.6. The van der Waals surface area contributed by atoms with Gasteiger partial charge in [-0.05, 0) is 66.0 Å². The molecule has 0 saturated heterocycles. The predicted molar refractivity (Wildman–Crippen MR) is 145 cm³/mol. The van der Waals surface area contributed by atoms with Crippen molar-refractivity contribution in [3.8, 4) is 0 Å². The summed E-state index contributed by atoms with van der Waals surface area (Å²) < 4.78 is 44.7. The van der Waals surface area contributed by atoms with Crippen LogP contribution in [0.5, 0.6) is 0 Å². The van der Waals surface area contributed by atoms with E-state index in [2.05, 4.69) is 10.6 Å². The number of para-hydroxylation sites is 1. The van der Waals surface area contributed by atoms with Gasteiger partial charge < -0.3 is 20.1 Å². The topological polar surface area (TPSA) is 131 Å². The Morgan fingerprint density at radius 1 is 1.03 bits per heavy atom. The van der Waals surface area contributed by atoms with E-state index in [1.54, 1.807) is 6.07 Å². The second kappa shape index (κ2) is 14.3. The van der Waals surface area contributed by atoms with Gasteiger partial charge in [-0.15, -0.1) is 0 Å². The molecule has 1 amide bonds. The zero-order chi connectivity index (χ0) is 28.4. The van der Waals surface area contributed by atoms with Gasteiger partial charge in [0.2, 0.25) is 5.91 Å². The molecule has 0 aliphatic carbocycles. The molecule has 10 heteroatoms. The van der Waals surface area contributed by atoms with Crippen LogP contribution in [0.3, 0.4) is 0 Å². The minimum atomic E-state index is -4.49. The van der Waals surface area contributed by atoms with Gasteiger partial charge in [-0.2, -0.15) is 8.42 Å². The molecule has 2 unspecified atom stereocenters. The Morgan fingerprint density at radius 2 is 1.65 bits per heavy atom. The molecule has 0 bridgehead atoms. The fourth-order valence-corrected chi connectivity index (χ4v) is 4.48. The van der Waals surface area contributed by atoms with Gasteiger partial charge in [0.05, 0.1) is 23.0 Å². The number of nitrogens with one attached hydrogen (secondary N) is 2. The van der Waals surface area contributed by atoms with E-state index in [-0.39, 0.29) is 52.7 Å². The maximum Gasteiger partial charge on any atom is 0.296 e. The van der Waals surface area contributed by atoms with Crippen LogP contribution in [0.2, 0.25) is 0 Å². The molecule has 0 aliphatic rings. The highest BCUT2D eigenvalue weighted by atomic mass is 32.2. The van der Waals surface area contributed by atoms with Crippen LogP contribution in [0.4, 0.5) is 5.69 Å². The van der Waals surface area contributed by atoms with Crippen molar-refractivity contribution in [3.05, 3.63) is 24.3 Å². The van der Waals surface area contributed by atoms with Gasteiger partial charge in [-0.25, -0.2) is 0 Å². The summed E-state index contributed by atoms with van der Waals surface area (Å²) in [6, 6.07) is 5.63. The number of amides is 1. The standard InChI is InChI=1S/C27H46N2O7S/c1-19(2)23(30)15-21(16-25(31)29-22-11-9-10-12-24(22)37(32,33)34)13-14-35-27(7,8)18-28-17-20(3)36-26(4,5)6/h9-12,19-21,28H,13-18H2,1-8H3,(H,29,31)(H,32,33,34). The maximum absolute atomic E-state index is 12.8. The lowest BCUT2D eigenvalue weighted by Crippen LogP contribution is -2.42. The lowest BCUT2D eigenvalue weighted by Gasteiger charge is -2.29. The summed E-state index contributed by atoms with van der Waals surface area (Å²) >= 11 is 0. The molecule has 0 aromatic heterocycles. The summed E-state index contributed by atoms with van der Waals surface area (Å²) in [6.07, 6.45) is 0.766. The number of carbonyl (C=O) groups excluding carboxylic acids is 2. The Labute approximate surface area is 222 Å². The van der Waals surface area contributed by atoms with E-state index >= 15 is 0 Å². The first-order chi connectivity index (χ1) is 16.9. The van der Waals surface area contributed by atoms with Gasteiger partial charge in [0, 0.05) is 38.5 Å². The van der Waals surface area contributed by atoms with E-state index in [1.165, 1.54) is 18.2 Å². The SMILES string of the molecule is CC(CNCC(C)(C)OCCC(CC(=O)Nc1ccccc1S(=O)(=O)O)CC(=O)C(C)C)OC(C)(C)C. The third-order valence-corrected chi connectivity index (χ3v) is 6.51. The third kappa shape index (κ3) is 14.0. The second-order valence-corrected chi connectivity index (χ2v) is 12.9. The molecule has 3 N–H and O–H groups in total. The number of rotatable bonds is 16. The van der Waals surface area contributed by atoms with Crippen LogP contribution >= 0.6 is 0 Å². The van der Waals surface area contributed by atoms with Crippen LogP contribution in [0, 0.1) is 11.8 Å². The molecule has 37 heavy (non-hydrogen) atoms. The number of ether oxygens (including phenoxy) is 2. The molecular formula is C27H46N2O7S. The molecule has 0 fully saturated rings. The lowest BCUT2D eigenvalue weighted by molar-refractivity contribution is -0.123. The number of hydrogen-bond acceptors (Lipinski definition) is 7. The summed E-state index contributed by atoms with van der Waals surface area (Å²) in [6.45, 7) is 17.3. The summed E-state index contributed by atoms with van der Waals surface area (Å²) in [5.74, 6) is -0.835. The average Bonchev–Trinajstić information content (AvgIpc) is 2.71. The van der Waals surface area contributed by atoms with Crippen molar-refractivity contribution in [2.75, 3.05) is 25.0 Å². The Hall–Kier alpha value is -1.85. The molecule has 0 spiro atoms. The monoisotopic (exact) mass is 542 g/mol. The van der Waals surface area contributed by atoms with Gasteiger partial charge in [-0.1, -0.05) is 26.0 Å². The van der Waals surface area contributed by atoms with E-state index in [0.29, 0.717) is 26.1 Å². The molecule has 212 valence electrons. The Balaban J connectivity index is 2.71. The van der Waals surface area contributed by atoms with Gasteiger partial charge >= 0.3 is 0 Å². The summed E-state index contributed by atoms with van der Waals surface area (Å²) in [5.41, 5.74) is -0.682. The maximum atomic E-state index is 12.8. The van der Waals surface area contributed by atoms with Gasteiger partial charge in [0.1, 0.15) is 10.7 Å². The van der Waals surface area contributed by atoms with Crippen LogP contribution in [-0.2, 0) is 29.2 Å². The molecule has 0 radical (unpaired) electrons. The fraction of sp³-hybridized carbons (Fsp3) is 0.704. The molecule has 2 atom stereocenters. The van der Waals surface area contributed by atoms with Crippen molar-refractivity contribution in [2.45, 2.75) is 96.9 Å². The summed E-state index contributed by atoms with van der Waals surface area (Å²) in [7, 11) is -4.49. The van der Waals surface area contributed by atoms with E-state index in [1.807, 2.05) is 55.4 Å². The molecule has 0 heterocycles. The molecule has 1 aromatic carbocycles. The lowest BCUT2D eigenvalue weighted by atomic mass is 9.91. The van der Waals surface area contributed by atoms with Crippen LogP contribution in [-0.4, -0.2) is 61.7 Å². The van der Waals surface area contributed by atoms with Crippen LogP contribution < -0.4 is 10.6 Å². The number of benzene rings is 1. The first-order valence-corrected chi connectivity index (χ1v) is 14.2. The van der Waals surface area contributed by atoms with Gasteiger partial charge in [0.15, 0.2) is 0 Å². The minimum Gasteiger partial charge on any atom is -0.374 e. The molecule has 1 aromatic rings. The number of anilines is 1. The van der Waals surface area contributed by atoms with Crippen LogP contribution in [0.15, 0.2) is 29.2 Å². The molecule has 0 saturated carbocycles. The second-order valence-electron chi connectivity index (χ2n) is 11.5. The summed E-state index contributed by atoms with van der Waals surface area (Å²) in [5, 5.41) is 5.93. The normalized spacial score (nSPS) is 14.4. The molecule has 0 aliphatic heterocycles. The van der Waals surface area contributed by atoms with E-state index in [0.717, 1.165) is 0 Å². The third-order valence-electron chi connectivity index (χ3n) is 5.60. The Morgan fingerprint density at radius 3 is 2.22 bits per heavy atom. The van der Waals surface area contributed by atoms with Crippen molar-refractivity contribution in [1.29, 1.82) is 0 Å². The molecule has 9 nitrogen and oxygen atoms in total. The molecular weight excluding hydrogens is 496 g/mol. The largest absolute Gasteiger partial charge is 0.374 e. The Bertz CT molecular complexity index is 985. The van der Waals surface area contributed by atoms with E-state index < -0.39 is 21.6 Å². The van der Waals surface area contributed by atoms with Crippen molar-refractivity contribution in [2.24, 2.45) is 11.8 Å². The number of Topliss-reactive ketones (excluding diaryl/α,β-unsaturated/α-hetero) is 1. The fourth-order valence-electron chi connectivity index (χ4n) is 3.83. The first kappa shape index (κ1) is 33.2. The van der Waals surface area contributed by atoms with E-state index in [9.17, 15) is 22.6 Å². The highest BCUT2D eigenvalue weighted by Gasteiger charge is 2.24. The Kier molecular flexibility index (Phi) is 12.9. The average molecular weight is 543 g/mol. The van der Waals surface area contributed by atoms with Crippen LogP contribution in [0.1, 0.15) is 74.7 Å². The highest BCUT2D eigenvalue weighted by Crippen LogP contribution is 2.23. The smallest absolute Gasteiger partial charge is 0.296 e. The highest BCUT2D eigenvalue weighted by molar-refractivity contribution is 7.86. The van der Waals surface area contributed by atoms with Crippen molar-refractivity contribution < 1.29 is 32.0 Å². The van der Waals surface area contributed by atoms with Crippen molar-refractivity contribution >= 4 is 27.5 Å². The predicted octanol–water partition coefficient (Wildman–Crippen LogP) is 4.47. The van der Waals surface area contributed by atoms with Gasteiger partial charge in [-0.3, -0.25) is 14.1 Å². The van der Waals surface area contributed by atoms with E-state index in [4.69, 9.17) is 9.47 Å². The van der Waals surface area contributed by atoms with Gasteiger partial charge in [0.25, 0.3) is 10.1 Å². The van der Waals surface area contributed by atoms with Crippen LogP contribution in [0.25, 0.3) is 0 Å². The minimum absolute atomic E-state index is 0.00272. The van der Waals surface area contributed by atoms with Crippen molar-refractivity contribution in [3.63, 3.8) is 0 Å². The zero-order valence-corrected chi connectivity index (χ0v) is 24.4. The molecule has 1 rings (SSSR count). The first-order valence-electron chi connectivity index (χ1n) is 12.8. The van der Waals surface area contributed by atoms with Crippen molar-refractivity contribution in [1.82, 2.24) is 5.32 Å². The summed E-state index contributed by atoms with van der Waals surface area (Å²) in [4.78, 5) is 24.8. The quantitative estimate of drug-likeness (QED) is 0.261.